The molecule has 0 aromatic carbocycles. The van der Waals surface area contributed by atoms with Gasteiger partial charge in [-0.3, -0.25) is 4.79 Å². The third kappa shape index (κ3) is 2.13. The standard InChI is InChI=1S/C11H13ClN2O/c1-4-6-14-8(5-2)7-9(12)10(14)11(15)13-3/h4-5,7H,1-2,6H2,3H3,(H,13,15). The molecule has 3 nitrogen and oxygen atoms in total. The number of amides is 1. The van der Waals surface area contributed by atoms with E-state index in [-0.39, 0.29) is 5.91 Å². The Hall–Kier alpha value is -1.48. The molecule has 1 heterocycles. The van der Waals surface area contributed by atoms with Crippen LogP contribution in [0.15, 0.2) is 25.3 Å². The van der Waals surface area contributed by atoms with E-state index in [9.17, 15) is 4.79 Å². The summed E-state index contributed by atoms with van der Waals surface area (Å²) < 4.78 is 1.77. The topological polar surface area (TPSA) is 34.0 Å². The molecule has 0 bridgehead atoms. The molecule has 1 aromatic rings. The van der Waals surface area contributed by atoms with Gasteiger partial charge in [-0.2, -0.15) is 0 Å². The lowest BCUT2D eigenvalue weighted by Crippen LogP contribution is -2.22. The minimum atomic E-state index is -0.213. The van der Waals surface area contributed by atoms with Crippen LogP contribution in [0.25, 0.3) is 6.08 Å². The zero-order chi connectivity index (χ0) is 11.4. The summed E-state index contributed by atoms with van der Waals surface area (Å²) in [4.78, 5) is 11.6. The zero-order valence-electron chi connectivity index (χ0n) is 8.59. The summed E-state index contributed by atoms with van der Waals surface area (Å²) in [5.41, 5.74) is 1.24. The zero-order valence-corrected chi connectivity index (χ0v) is 9.34. The third-order valence-electron chi connectivity index (χ3n) is 2.05. The van der Waals surface area contributed by atoms with Crippen molar-refractivity contribution in [3.63, 3.8) is 0 Å². The summed E-state index contributed by atoms with van der Waals surface area (Å²) >= 11 is 5.97. The van der Waals surface area contributed by atoms with Crippen LogP contribution in [0.3, 0.4) is 0 Å². The highest BCUT2D eigenvalue weighted by atomic mass is 35.5. The van der Waals surface area contributed by atoms with Crippen molar-refractivity contribution >= 4 is 23.6 Å². The maximum Gasteiger partial charge on any atom is 0.269 e. The summed E-state index contributed by atoms with van der Waals surface area (Å²) in [6.45, 7) is 7.83. The summed E-state index contributed by atoms with van der Waals surface area (Å²) in [7, 11) is 1.57. The number of carbonyl (C=O) groups is 1. The van der Waals surface area contributed by atoms with Gasteiger partial charge in [-0.25, -0.2) is 0 Å². The Bertz CT molecular complexity index is 407. The summed E-state index contributed by atoms with van der Waals surface area (Å²) in [5, 5.41) is 2.97. The van der Waals surface area contributed by atoms with E-state index < -0.39 is 0 Å². The lowest BCUT2D eigenvalue weighted by Gasteiger charge is -2.08. The molecule has 1 rings (SSSR count). The van der Waals surface area contributed by atoms with Crippen LogP contribution < -0.4 is 5.32 Å². The van der Waals surface area contributed by atoms with E-state index >= 15 is 0 Å². The molecular weight excluding hydrogens is 212 g/mol. The molecule has 1 aromatic heterocycles. The Labute approximate surface area is 94.0 Å². The molecule has 0 unspecified atom stereocenters. The fraction of sp³-hybridized carbons (Fsp3) is 0.182. The Kier molecular flexibility index (Phi) is 3.74. The van der Waals surface area contributed by atoms with Gasteiger partial charge in [0.2, 0.25) is 0 Å². The SMILES string of the molecule is C=CCn1c(C=C)cc(Cl)c1C(=O)NC. The van der Waals surface area contributed by atoms with E-state index in [1.807, 2.05) is 0 Å². The molecular formula is C11H13ClN2O. The first-order valence-corrected chi connectivity index (χ1v) is 4.88. The van der Waals surface area contributed by atoms with Gasteiger partial charge in [0.05, 0.1) is 5.02 Å². The second kappa shape index (κ2) is 4.84. The van der Waals surface area contributed by atoms with E-state index in [4.69, 9.17) is 11.6 Å². The number of aromatic nitrogens is 1. The molecule has 1 amide bonds. The monoisotopic (exact) mass is 224 g/mol. The van der Waals surface area contributed by atoms with Crippen LogP contribution in [-0.4, -0.2) is 17.5 Å². The van der Waals surface area contributed by atoms with E-state index in [2.05, 4.69) is 18.5 Å². The number of nitrogens with one attached hydrogen (secondary N) is 1. The molecule has 1 N–H and O–H groups in total. The molecule has 4 heteroatoms. The first-order valence-electron chi connectivity index (χ1n) is 4.50. The van der Waals surface area contributed by atoms with Crippen molar-refractivity contribution in [2.45, 2.75) is 6.54 Å². The van der Waals surface area contributed by atoms with Gasteiger partial charge in [-0.15, -0.1) is 6.58 Å². The number of hydrogen-bond acceptors (Lipinski definition) is 1. The average Bonchev–Trinajstić information content (AvgIpc) is 2.54. The first kappa shape index (κ1) is 11.6. The highest BCUT2D eigenvalue weighted by molar-refractivity contribution is 6.33. The second-order valence-electron chi connectivity index (χ2n) is 2.95. The number of carbonyl (C=O) groups excluding carboxylic acids is 1. The molecule has 0 atom stereocenters. The van der Waals surface area contributed by atoms with Gasteiger partial charge in [-0.05, 0) is 12.1 Å². The van der Waals surface area contributed by atoms with Crippen LogP contribution in [-0.2, 0) is 6.54 Å². The summed E-state index contributed by atoms with van der Waals surface area (Å²) in [6, 6.07) is 1.71. The van der Waals surface area contributed by atoms with Gasteiger partial charge < -0.3 is 9.88 Å². The molecule has 0 spiro atoms. The summed E-state index contributed by atoms with van der Waals surface area (Å²) in [5.74, 6) is -0.213. The molecule has 0 fully saturated rings. The van der Waals surface area contributed by atoms with E-state index in [1.165, 1.54) is 0 Å². The normalized spacial score (nSPS) is 9.73. The second-order valence-corrected chi connectivity index (χ2v) is 3.36. The van der Waals surface area contributed by atoms with Crippen molar-refractivity contribution in [1.82, 2.24) is 9.88 Å². The Morgan fingerprint density at radius 3 is 2.80 bits per heavy atom. The maximum absolute atomic E-state index is 11.6. The Morgan fingerprint density at radius 2 is 2.33 bits per heavy atom. The van der Waals surface area contributed by atoms with Crippen LogP contribution in [0.4, 0.5) is 0 Å². The number of halogens is 1. The predicted molar refractivity (Wildman–Crippen MR) is 63.1 cm³/mol. The van der Waals surface area contributed by atoms with Crippen LogP contribution in [0.1, 0.15) is 16.2 Å². The van der Waals surface area contributed by atoms with E-state index in [1.54, 1.807) is 29.8 Å². The molecule has 0 saturated carbocycles. The van der Waals surface area contributed by atoms with Crippen LogP contribution in [0, 0.1) is 0 Å². The molecule has 0 aliphatic carbocycles. The fourth-order valence-electron chi connectivity index (χ4n) is 1.38. The van der Waals surface area contributed by atoms with Crippen LogP contribution in [0.2, 0.25) is 5.02 Å². The molecule has 0 radical (unpaired) electrons. The smallest absolute Gasteiger partial charge is 0.269 e. The van der Waals surface area contributed by atoms with Crippen molar-refractivity contribution in [3.05, 3.63) is 41.7 Å². The van der Waals surface area contributed by atoms with Gasteiger partial charge >= 0.3 is 0 Å². The molecule has 15 heavy (non-hydrogen) atoms. The average molecular weight is 225 g/mol. The summed E-state index contributed by atoms with van der Waals surface area (Å²) in [6.07, 6.45) is 3.36. The van der Waals surface area contributed by atoms with Crippen molar-refractivity contribution in [2.75, 3.05) is 7.05 Å². The van der Waals surface area contributed by atoms with Gasteiger partial charge in [0.15, 0.2) is 0 Å². The number of rotatable bonds is 4. The highest BCUT2D eigenvalue weighted by Gasteiger charge is 2.17. The van der Waals surface area contributed by atoms with E-state index in [0.29, 0.717) is 17.3 Å². The predicted octanol–water partition coefficient (Wildman–Crippen LogP) is 2.33. The van der Waals surface area contributed by atoms with Gasteiger partial charge in [0, 0.05) is 19.3 Å². The first-order chi connectivity index (χ1) is 7.15. The van der Waals surface area contributed by atoms with Crippen molar-refractivity contribution in [3.8, 4) is 0 Å². The lowest BCUT2D eigenvalue weighted by molar-refractivity contribution is 0.0954. The highest BCUT2D eigenvalue weighted by Crippen LogP contribution is 2.22. The Morgan fingerprint density at radius 1 is 1.67 bits per heavy atom. The van der Waals surface area contributed by atoms with Gasteiger partial charge in [0.1, 0.15) is 5.69 Å². The molecule has 0 aliphatic heterocycles. The van der Waals surface area contributed by atoms with Crippen molar-refractivity contribution in [2.24, 2.45) is 0 Å². The fourth-order valence-corrected chi connectivity index (χ4v) is 1.68. The number of hydrogen-bond donors (Lipinski definition) is 1. The number of nitrogens with zero attached hydrogens (tertiary/aromatic N) is 1. The minimum Gasteiger partial charge on any atom is -0.354 e. The van der Waals surface area contributed by atoms with Crippen molar-refractivity contribution in [1.29, 1.82) is 0 Å². The van der Waals surface area contributed by atoms with Gasteiger partial charge in [0.25, 0.3) is 5.91 Å². The Balaban J connectivity index is 3.33. The van der Waals surface area contributed by atoms with Crippen LogP contribution in [0.5, 0.6) is 0 Å². The minimum absolute atomic E-state index is 0.213. The van der Waals surface area contributed by atoms with Crippen molar-refractivity contribution < 1.29 is 4.79 Å². The third-order valence-corrected chi connectivity index (χ3v) is 2.33. The largest absolute Gasteiger partial charge is 0.354 e. The molecule has 0 saturated heterocycles. The quantitative estimate of drug-likeness (QED) is 0.783. The lowest BCUT2D eigenvalue weighted by atomic mass is 10.4. The maximum atomic E-state index is 11.6. The molecule has 0 aliphatic rings. The number of allylic oxidation sites excluding steroid dienone is 1. The van der Waals surface area contributed by atoms with Crippen LogP contribution >= 0.6 is 11.6 Å². The molecule has 80 valence electrons. The van der Waals surface area contributed by atoms with E-state index in [0.717, 1.165) is 5.69 Å². The van der Waals surface area contributed by atoms with Gasteiger partial charge in [-0.1, -0.05) is 24.3 Å².